The monoisotopic (exact) mass is 660 g/mol. The number of amidine groups is 1. The highest BCUT2D eigenvalue weighted by Crippen LogP contribution is 2.34. The quantitative estimate of drug-likeness (QED) is 0.247. The Kier molecular flexibility index (Phi) is 9.42. The summed E-state index contributed by atoms with van der Waals surface area (Å²) in [5.41, 5.74) is -3.23. The molecule has 0 unspecified atom stereocenters. The van der Waals surface area contributed by atoms with Gasteiger partial charge in [0.25, 0.3) is 5.91 Å². The number of nitrogens with one attached hydrogen (secondary N) is 2. The number of piperidine rings is 1. The lowest BCUT2D eigenvalue weighted by molar-refractivity contribution is -0.137. The SMILES string of the molecule is Cc1cc(S(=O)(=O)NC(CO)(CO)CO)ccc1/C=C/S(=O)(=O)N1CCC2(CC1)N=C(c1cccc(C(F)(F)F)c1)NC2=O. The third kappa shape index (κ3) is 6.88. The number of sulfonamides is 2. The van der Waals surface area contributed by atoms with E-state index in [-0.39, 0.29) is 42.2 Å². The van der Waals surface area contributed by atoms with Gasteiger partial charge in [-0.15, -0.1) is 0 Å². The van der Waals surface area contributed by atoms with Crippen molar-refractivity contribution >= 4 is 37.9 Å². The van der Waals surface area contributed by atoms with E-state index in [1.165, 1.54) is 36.4 Å². The maximum absolute atomic E-state index is 13.1. The highest BCUT2D eigenvalue weighted by molar-refractivity contribution is 7.92. The predicted octanol–water partition coefficient (Wildman–Crippen LogP) is 0.720. The van der Waals surface area contributed by atoms with Gasteiger partial charge in [0, 0.05) is 24.1 Å². The molecule has 12 nitrogen and oxygen atoms in total. The topological polar surface area (TPSA) is 186 Å². The van der Waals surface area contributed by atoms with Crippen molar-refractivity contribution in [1.82, 2.24) is 14.3 Å². The molecular formula is C27H31F3N4O8S2. The van der Waals surface area contributed by atoms with E-state index in [2.05, 4.69) is 15.0 Å². The number of nitrogens with zero attached hydrogens (tertiary/aromatic N) is 2. The summed E-state index contributed by atoms with van der Waals surface area (Å²) in [6.45, 7) is -1.19. The average Bonchev–Trinajstić information content (AvgIpc) is 3.30. The molecule has 2 aliphatic heterocycles. The molecule has 1 saturated heterocycles. The zero-order valence-electron chi connectivity index (χ0n) is 23.4. The Morgan fingerprint density at radius 2 is 1.66 bits per heavy atom. The van der Waals surface area contributed by atoms with Gasteiger partial charge in [-0.2, -0.15) is 22.2 Å². The van der Waals surface area contributed by atoms with Gasteiger partial charge in [0.15, 0.2) is 0 Å². The van der Waals surface area contributed by atoms with Gasteiger partial charge in [-0.25, -0.2) is 16.8 Å². The average molecular weight is 661 g/mol. The van der Waals surface area contributed by atoms with Crippen LogP contribution in [0.2, 0.25) is 0 Å². The Bertz CT molecular complexity index is 1690. The number of aryl methyl sites for hydroxylation is 1. The highest BCUT2D eigenvalue weighted by Gasteiger charge is 2.47. The molecule has 2 aliphatic rings. The van der Waals surface area contributed by atoms with E-state index in [9.17, 15) is 50.1 Å². The zero-order chi connectivity index (χ0) is 32.6. The first-order valence-electron chi connectivity index (χ1n) is 13.2. The van der Waals surface area contributed by atoms with Crippen molar-refractivity contribution in [3.63, 3.8) is 0 Å². The minimum atomic E-state index is -4.58. The zero-order valence-corrected chi connectivity index (χ0v) is 25.0. The van der Waals surface area contributed by atoms with E-state index in [1.54, 1.807) is 6.92 Å². The lowest BCUT2D eigenvalue weighted by atomic mass is 9.89. The van der Waals surface area contributed by atoms with E-state index < -0.39 is 68.6 Å². The highest BCUT2D eigenvalue weighted by atomic mass is 32.2. The second-order valence-corrected chi connectivity index (χ2v) is 14.2. The van der Waals surface area contributed by atoms with Crippen LogP contribution in [0.4, 0.5) is 13.2 Å². The molecule has 2 aromatic rings. The predicted molar refractivity (Wildman–Crippen MR) is 153 cm³/mol. The van der Waals surface area contributed by atoms with Crippen LogP contribution >= 0.6 is 0 Å². The summed E-state index contributed by atoms with van der Waals surface area (Å²) in [7, 11) is -8.26. The molecule has 240 valence electrons. The summed E-state index contributed by atoms with van der Waals surface area (Å²) in [4.78, 5) is 17.0. The Morgan fingerprint density at radius 1 is 1.02 bits per heavy atom. The molecule has 2 aromatic carbocycles. The number of amides is 1. The first-order valence-corrected chi connectivity index (χ1v) is 16.2. The number of carbonyl (C=O) groups is 1. The van der Waals surface area contributed by atoms with Crippen molar-refractivity contribution in [3.8, 4) is 0 Å². The van der Waals surface area contributed by atoms with Crippen LogP contribution in [0.15, 0.2) is 57.8 Å². The third-order valence-corrected chi connectivity index (χ3v) is 10.7. The smallest absolute Gasteiger partial charge is 0.394 e. The molecule has 2 heterocycles. The standard InChI is InChI=1S/C27H31F3N4O8S2/c1-18-13-22(44(41,42)33-25(15-35,16-36)17-37)6-5-19(18)7-12-43(39,40)34-10-8-26(9-11-34)24(38)31-23(32-26)20-3-2-4-21(14-20)27(28,29)30/h2-7,12-14,33,35-37H,8-11,15-17H2,1H3,(H,31,32,38)/b12-7+. The number of carbonyl (C=O) groups excluding carboxylic acids is 1. The molecular weight excluding hydrogens is 629 g/mol. The van der Waals surface area contributed by atoms with Crippen LogP contribution in [0.5, 0.6) is 0 Å². The second kappa shape index (κ2) is 12.3. The largest absolute Gasteiger partial charge is 0.416 e. The molecule has 0 bridgehead atoms. The van der Waals surface area contributed by atoms with Crippen molar-refractivity contribution in [2.75, 3.05) is 32.9 Å². The van der Waals surface area contributed by atoms with Gasteiger partial charge in [-0.3, -0.25) is 9.79 Å². The van der Waals surface area contributed by atoms with Crippen molar-refractivity contribution in [2.24, 2.45) is 4.99 Å². The number of hydrogen-bond donors (Lipinski definition) is 5. The minimum Gasteiger partial charge on any atom is -0.394 e. The lowest BCUT2D eigenvalue weighted by Gasteiger charge is -2.34. The first kappa shape index (κ1) is 33.7. The van der Waals surface area contributed by atoms with Crippen LogP contribution in [0.25, 0.3) is 6.08 Å². The maximum Gasteiger partial charge on any atom is 0.416 e. The number of hydrogen-bond acceptors (Lipinski definition) is 9. The second-order valence-electron chi connectivity index (χ2n) is 10.6. The Morgan fingerprint density at radius 3 is 2.23 bits per heavy atom. The molecule has 1 spiro atoms. The van der Waals surface area contributed by atoms with Gasteiger partial charge in [0.1, 0.15) is 16.9 Å². The van der Waals surface area contributed by atoms with Gasteiger partial charge in [-0.05, 0) is 61.2 Å². The molecule has 0 saturated carbocycles. The molecule has 4 rings (SSSR count). The van der Waals surface area contributed by atoms with Gasteiger partial charge in [0.2, 0.25) is 20.0 Å². The summed E-state index contributed by atoms with van der Waals surface area (Å²) >= 11 is 0. The maximum atomic E-state index is 13.1. The Balaban J connectivity index is 1.46. The number of rotatable bonds is 10. The molecule has 5 N–H and O–H groups in total. The number of alkyl halides is 3. The number of aliphatic hydroxyl groups excluding tert-OH is 3. The number of benzene rings is 2. The number of aliphatic hydroxyl groups is 3. The number of halogens is 3. The van der Waals surface area contributed by atoms with E-state index >= 15 is 0 Å². The van der Waals surface area contributed by atoms with Gasteiger partial charge >= 0.3 is 6.18 Å². The summed E-state index contributed by atoms with van der Waals surface area (Å²) in [6, 6.07) is 8.21. The summed E-state index contributed by atoms with van der Waals surface area (Å²) in [5.74, 6) is -0.532. The fourth-order valence-electron chi connectivity index (χ4n) is 4.78. The van der Waals surface area contributed by atoms with Crippen LogP contribution in [-0.2, 0) is 31.0 Å². The van der Waals surface area contributed by atoms with Crippen molar-refractivity contribution in [3.05, 3.63) is 70.1 Å². The van der Waals surface area contributed by atoms with Gasteiger partial charge < -0.3 is 20.6 Å². The molecule has 0 aliphatic carbocycles. The number of aliphatic imine (C=N–C) groups is 1. The molecule has 1 amide bonds. The van der Waals surface area contributed by atoms with E-state index in [1.807, 2.05) is 0 Å². The molecule has 44 heavy (non-hydrogen) atoms. The normalized spacial score (nSPS) is 18.2. The molecule has 0 aromatic heterocycles. The Hall–Kier alpha value is -3.19. The van der Waals surface area contributed by atoms with E-state index in [4.69, 9.17) is 0 Å². The van der Waals surface area contributed by atoms with Crippen molar-refractivity contribution in [2.45, 2.75) is 41.9 Å². The van der Waals surface area contributed by atoms with Crippen LogP contribution < -0.4 is 10.0 Å². The van der Waals surface area contributed by atoms with Gasteiger partial charge in [0.05, 0.1) is 30.3 Å². The molecule has 0 radical (unpaired) electrons. The third-order valence-electron chi connectivity index (χ3n) is 7.58. The molecule has 1 fully saturated rings. The van der Waals surface area contributed by atoms with E-state index in [0.29, 0.717) is 11.1 Å². The first-order chi connectivity index (χ1) is 20.5. The van der Waals surface area contributed by atoms with Crippen LogP contribution in [0, 0.1) is 6.92 Å². The van der Waals surface area contributed by atoms with Gasteiger partial charge in [-0.1, -0.05) is 18.2 Å². The van der Waals surface area contributed by atoms with Crippen molar-refractivity contribution < 1.29 is 50.1 Å². The summed E-state index contributed by atoms with van der Waals surface area (Å²) < 4.78 is 94.3. The lowest BCUT2D eigenvalue weighted by Crippen LogP contribution is -2.56. The summed E-state index contributed by atoms with van der Waals surface area (Å²) in [6.07, 6.45) is -3.29. The minimum absolute atomic E-state index is 0.00393. The fraction of sp³-hybridized carbons (Fsp3) is 0.407. The Labute approximate surface area is 252 Å². The van der Waals surface area contributed by atoms with E-state index in [0.717, 1.165) is 21.8 Å². The molecule has 17 heteroatoms. The molecule has 0 atom stereocenters. The van der Waals surface area contributed by atoms with Crippen LogP contribution in [0.3, 0.4) is 0 Å². The summed E-state index contributed by atoms with van der Waals surface area (Å²) in [5, 5.41) is 31.8. The fourth-order valence-corrected chi connectivity index (χ4v) is 7.43. The van der Waals surface area contributed by atoms with Crippen molar-refractivity contribution in [1.29, 1.82) is 0 Å². The van der Waals surface area contributed by atoms with Crippen LogP contribution in [-0.4, -0.2) is 92.2 Å². The van der Waals surface area contributed by atoms with Crippen LogP contribution in [0.1, 0.15) is 35.1 Å².